The second-order valence-electron chi connectivity index (χ2n) is 1.48. The Morgan fingerprint density at radius 3 is 2.67 bits per heavy atom. The van der Waals surface area contributed by atoms with Gasteiger partial charge < -0.3 is 4.55 Å². The van der Waals surface area contributed by atoms with E-state index in [1.165, 1.54) is 0 Å². The zero-order valence-electron chi connectivity index (χ0n) is 4.57. The minimum Gasteiger partial charge on any atom is -0.302 e. The van der Waals surface area contributed by atoms with E-state index in [9.17, 15) is 4.21 Å². The number of hydrogen-bond acceptors (Lipinski definition) is 1. The van der Waals surface area contributed by atoms with E-state index in [-0.39, 0.29) is 0 Å². The Bertz CT molecular complexity index is 208. The van der Waals surface area contributed by atoms with Gasteiger partial charge in [0, 0.05) is 6.07 Å². The minimum atomic E-state index is -1.88. The van der Waals surface area contributed by atoms with Crippen LogP contribution in [0.15, 0.2) is 29.2 Å². The van der Waals surface area contributed by atoms with Crippen molar-refractivity contribution in [2.24, 2.45) is 0 Å². The molecule has 2 nitrogen and oxygen atoms in total. The summed E-state index contributed by atoms with van der Waals surface area (Å²) in [7, 11) is 0. The molecule has 1 N–H and O–H groups in total. The number of benzene rings is 1. The third-order valence-corrected chi connectivity index (χ3v) is 1.50. The highest BCUT2D eigenvalue weighted by Gasteiger charge is 1.94. The summed E-state index contributed by atoms with van der Waals surface area (Å²) in [5.74, 6) is 0. The molecule has 0 aliphatic heterocycles. The van der Waals surface area contributed by atoms with Gasteiger partial charge in [0.25, 0.3) is 0 Å². The Morgan fingerprint density at radius 2 is 2.33 bits per heavy atom. The molecule has 0 aliphatic carbocycles. The van der Waals surface area contributed by atoms with Crippen LogP contribution in [0, 0.1) is 6.07 Å². The second kappa shape index (κ2) is 2.75. The molecule has 0 heterocycles. The summed E-state index contributed by atoms with van der Waals surface area (Å²) < 4.78 is 18.7. The van der Waals surface area contributed by atoms with Crippen molar-refractivity contribution in [1.29, 1.82) is 0 Å². The maximum Gasteiger partial charge on any atom is 0.187 e. The van der Waals surface area contributed by atoms with Crippen molar-refractivity contribution in [3.8, 4) is 0 Å². The van der Waals surface area contributed by atoms with E-state index in [0.29, 0.717) is 4.90 Å². The molecule has 0 aliphatic rings. The molecule has 0 bridgehead atoms. The van der Waals surface area contributed by atoms with Crippen LogP contribution in [0.25, 0.3) is 0 Å². The van der Waals surface area contributed by atoms with Crippen LogP contribution in [0.3, 0.4) is 0 Å². The van der Waals surface area contributed by atoms with E-state index in [1.807, 2.05) is 0 Å². The summed E-state index contributed by atoms with van der Waals surface area (Å²) in [5.41, 5.74) is 0. The topological polar surface area (TPSA) is 37.3 Å². The maximum atomic E-state index is 10.3. The first-order valence-corrected chi connectivity index (χ1v) is 3.49. The molecule has 1 radical (unpaired) electrons. The molecule has 1 atom stereocenters. The van der Waals surface area contributed by atoms with Gasteiger partial charge in [-0.3, -0.25) is 0 Å². The van der Waals surface area contributed by atoms with Crippen LogP contribution < -0.4 is 0 Å². The fourth-order valence-electron chi connectivity index (χ4n) is 0.485. The highest BCUT2D eigenvalue weighted by Crippen LogP contribution is 1.99. The van der Waals surface area contributed by atoms with E-state index in [0.717, 1.165) is 0 Å². The first kappa shape index (κ1) is 6.45. The molecule has 1 unspecified atom stereocenters. The standard InChI is InChI=1S/C6H5O2S/c7-9(8)6-4-2-1-3-5-6/h1-4H,(H,7,8). The maximum absolute atomic E-state index is 10.3. The second-order valence-corrected chi connectivity index (χ2v) is 2.41. The largest absolute Gasteiger partial charge is 0.302 e. The molecule has 3 heteroatoms. The van der Waals surface area contributed by atoms with Crippen molar-refractivity contribution in [1.82, 2.24) is 0 Å². The van der Waals surface area contributed by atoms with Crippen molar-refractivity contribution in [2.75, 3.05) is 0 Å². The molecule has 1 rings (SSSR count). The van der Waals surface area contributed by atoms with Crippen LogP contribution in [-0.2, 0) is 11.1 Å². The molecule has 0 fully saturated rings. The SMILES string of the molecule is O=S(O)c1[c]cccc1. The molecule has 1 aromatic carbocycles. The van der Waals surface area contributed by atoms with Crippen LogP contribution in [0.1, 0.15) is 0 Å². The summed E-state index contributed by atoms with van der Waals surface area (Å²) in [5, 5.41) is 0. The van der Waals surface area contributed by atoms with Gasteiger partial charge in [-0.1, -0.05) is 18.2 Å². The number of hydrogen-bond donors (Lipinski definition) is 1. The Kier molecular flexibility index (Phi) is 1.97. The van der Waals surface area contributed by atoms with Crippen molar-refractivity contribution in [3.63, 3.8) is 0 Å². The average Bonchev–Trinajstić information content (AvgIpc) is 1.90. The van der Waals surface area contributed by atoms with Crippen LogP contribution >= 0.6 is 0 Å². The molecule has 47 valence electrons. The first-order chi connectivity index (χ1) is 4.30. The average molecular weight is 141 g/mol. The highest BCUT2D eigenvalue weighted by molar-refractivity contribution is 7.79. The predicted molar refractivity (Wildman–Crippen MR) is 34.3 cm³/mol. The van der Waals surface area contributed by atoms with Gasteiger partial charge in [0.05, 0.1) is 4.90 Å². The summed E-state index contributed by atoms with van der Waals surface area (Å²) in [6, 6.07) is 9.21. The van der Waals surface area contributed by atoms with Gasteiger partial charge in [-0.2, -0.15) is 0 Å². The van der Waals surface area contributed by atoms with E-state index in [4.69, 9.17) is 4.55 Å². The van der Waals surface area contributed by atoms with Crippen LogP contribution in [0.5, 0.6) is 0 Å². The van der Waals surface area contributed by atoms with Crippen LogP contribution in [0.4, 0.5) is 0 Å². The van der Waals surface area contributed by atoms with Gasteiger partial charge >= 0.3 is 0 Å². The quantitative estimate of drug-likeness (QED) is 0.594. The summed E-state index contributed by atoms with van der Waals surface area (Å²) >= 11 is -1.88. The lowest BCUT2D eigenvalue weighted by Gasteiger charge is -1.88. The molecule has 0 spiro atoms. The summed E-state index contributed by atoms with van der Waals surface area (Å²) in [6.07, 6.45) is 0. The van der Waals surface area contributed by atoms with Crippen LogP contribution in [-0.4, -0.2) is 8.76 Å². The van der Waals surface area contributed by atoms with Crippen molar-refractivity contribution < 1.29 is 8.76 Å². The van der Waals surface area contributed by atoms with Gasteiger partial charge in [-0.05, 0) is 6.07 Å². The van der Waals surface area contributed by atoms with Gasteiger partial charge in [0.2, 0.25) is 0 Å². The van der Waals surface area contributed by atoms with Crippen molar-refractivity contribution >= 4 is 11.1 Å². The van der Waals surface area contributed by atoms with Crippen molar-refractivity contribution in [3.05, 3.63) is 30.3 Å². The lowest BCUT2D eigenvalue weighted by Crippen LogP contribution is -1.85. The molecule has 0 aromatic heterocycles. The van der Waals surface area contributed by atoms with Gasteiger partial charge in [-0.25, -0.2) is 4.21 Å². The third kappa shape index (κ3) is 1.62. The van der Waals surface area contributed by atoms with Gasteiger partial charge in [-0.15, -0.1) is 0 Å². The molecule has 0 saturated carbocycles. The normalized spacial score (nSPS) is 13.0. The number of rotatable bonds is 1. The lowest BCUT2D eigenvalue weighted by atomic mass is 10.4. The molecule has 9 heavy (non-hydrogen) atoms. The Labute approximate surface area is 55.8 Å². The molecular formula is C6H5O2S. The summed E-state index contributed by atoms with van der Waals surface area (Å²) in [6.45, 7) is 0. The Morgan fingerprint density at radius 1 is 1.56 bits per heavy atom. The fourth-order valence-corrected chi connectivity index (χ4v) is 0.849. The van der Waals surface area contributed by atoms with Gasteiger partial charge in [0.1, 0.15) is 0 Å². The third-order valence-electron chi connectivity index (χ3n) is 0.869. The first-order valence-electron chi connectivity index (χ1n) is 2.38. The van der Waals surface area contributed by atoms with E-state index in [2.05, 4.69) is 6.07 Å². The molecule has 0 amide bonds. The smallest absolute Gasteiger partial charge is 0.187 e. The van der Waals surface area contributed by atoms with Crippen molar-refractivity contribution in [2.45, 2.75) is 4.90 Å². The molecular weight excluding hydrogens is 136 g/mol. The summed E-state index contributed by atoms with van der Waals surface area (Å²) in [4.78, 5) is 0.317. The molecule has 1 aromatic rings. The monoisotopic (exact) mass is 141 g/mol. The lowest BCUT2D eigenvalue weighted by molar-refractivity contribution is 0.564. The van der Waals surface area contributed by atoms with E-state index >= 15 is 0 Å². The minimum absolute atomic E-state index is 0.317. The van der Waals surface area contributed by atoms with E-state index in [1.54, 1.807) is 24.3 Å². The van der Waals surface area contributed by atoms with Gasteiger partial charge in [0.15, 0.2) is 11.1 Å². The molecule has 0 saturated heterocycles. The Hall–Kier alpha value is -0.670. The zero-order valence-corrected chi connectivity index (χ0v) is 5.39. The van der Waals surface area contributed by atoms with E-state index < -0.39 is 11.1 Å². The zero-order chi connectivity index (χ0) is 6.69. The fraction of sp³-hybridized carbons (Fsp3) is 0. The predicted octanol–water partition coefficient (Wildman–Crippen LogP) is 1.07. The Balaban J connectivity index is 2.98. The highest BCUT2D eigenvalue weighted by atomic mass is 32.2. The van der Waals surface area contributed by atoms with Crippen LogP contribution in [0.2, 0.25) is 0 Å².